The molecule has 0 spiro atoms. The first-order valence-electron chi connectivity index (χ1n) is 10.0. The Hall–Kier alpha value is -2.54. The summed E-state index contributed by atoms with van der Waals surface area (Å²) in [5.74, 6) is -0.602. The zero-order chi connectivity index (χ0) is 23.1. The van der Waals surface area contributed by atoms with Crippen molar-refractivity contribution in [2.75, 3.05) is 11.9 Å². The number of aromatic nitrogens is 1. The molecule has 0 bridgehead atoms. The molecule has 1 heterocycles. The van der Waals surface area contributed by atoms with Crippen LogP contribution in [0.1, 0.15) is 25.7 Å². The van der Waals surface area contributed by atoms with E-state index in [1.54, 1.807) is 12.9 Å². The van der Waals surface area contributed by atoms with Gasteiger partial charge < -0.3 is 19.8 Å². The predicted octanol–water partition coefficient (Wildman–Crippen LogP) is 3.40. The highest BCUT2D eigenvalue weighted by Gasteiger charge is 2.17. The Balaban J connectivity index is 1.56. The summed E-state index contributed by atoms with van der Waals surface area (Å²) >= 11 is 1.21. The van der Waals surface area contributed by atoms with E-state index in [-0.39, 0.29) is 16.6 Å². The fourth-order valence-electron chi connectivity index (χ4n) is 2.87. The molecule has 0 aliphatic carbocycles. The van der Waals surface area contributed by atoms with Crippen LogP contribution in [0.4, 0.5) is 9.52 Å². The number of carbonyl (C=O) groups excluding carboxylic acids is 1. The van der Waals surface area contributed by atoms with E-state index in [0.29, 0.717) is 28.3 Å². The summed E-state index contributed by atoms with van der Waals surface area (Å²) in [6.07, 6.45) is 2.80. The van der Waals surface area contributed by atoms with Crippen LogP contribution < -0.4 is 14.7 Å². The van der Waals surface area contributed by atoms with E-state index in [0.717, 1.165) is 43.5 Å². The number of amides is 1. The molecule has 32 heavy (non-hydrogen) atoms. The van der Waals surface area contributed by atoms with Crippen molar-refractivity contribution < 1.29 is 26.8 Å². The van der Waals surface area contributed by atoms with Crippen LogP contribution in [0.3, 0.4) is 0 Å². The van der Waals surface area contributed by atoms with E-state index in [4.69, 9.17) is 9.21 Å². The van der Waals surface area contributed by atoms with Gasteiger partial charge in [0.2, 0.25) is 5.91 Å². The molecule has 0 radical (unpaired) electrons. The maximum absolute atomic E-state index is 13.0. The lowest BCUT2D eigenvalue weighted by atomic mass is 9.89. The highest BCUT2D eigenvalue weighted by Crippen LogP contribution is 2.30. The van der Waals surface area contributed by atoms with Crippen molar-refractivity contribution in [3.05, 3.63) is 48.3 Å². The summed E-state index contributed by atoms with van der Waals surface area (Å²) < 4.78 is 43.6. The van der Waals surface area contributed by atoms with Crippen LogP contribution in [0.5, 0.6) is 5.75 Å². The molecule has 3 N–H and O–H groups in total. The van der Waals surface area contributed by atoms with Crippen LogP contribution in [-0.4, -0.2) is 37.9 Å². The number of halogens is 1. The van der Waals surface area contributed by atoms with Crippen molar-refractivity contribution >= 4 is 49.8 Å². The van der Waals surface area contributed by atoms with E-state index < -0.39 is 23.0 Å². The minimum Gasteiger partial charge on any atom is -0.437 e. The number of unbranched alkanes of at least 4 members (excludes halogenated alkanes) is 2. The first kappa shape index (κ1) is 24.1. The van der Waals surface area contributed by atoms with Gasteiger partial charge in [-0.2, -0.15) is 8.42 Å². The normalized spacial score (nSPS) is 11.5. The number of anilines is 1. The van der Waals surface area contributed by atoms with Crippen LogP contribution in [0.2, 0.25) is 6.82 Å². The van der Waals surface area contributed by atoms with E-state index in [2.05, 4.69) is 15.5 Å². The molecule has 3 rings (SSSR count). The molecule has 0 aliphatic rings. The lowest BCUT2D eigenvalue weighted by molar-refractivity contribution is -0.116. The van der Waals surface area contributed by atoms with Gasteiger partial charge in [-0.25, -0.2) is 9.37 Å². The number of rotatable bonds is 11. The third kappa shape index (κ3) is 6.99. The zero-order valence-corrected chi connectivity index (χ0v) is 19.0. The van der Waals surface area contributed by atoms with Crippen LogP contribution in [0, 0.1) is 5.82 Å². The predicted molar refractivity (Wildman–Crippen MR) is 123 cm³/mol. The van der Waals surface area contributed by atoms with Gasteiger partial charge in [-0.15, -0.1) is 0 Å². The lowest BCUT2D eigenvalue weighted by Gasteiger charge is -2.06. The zero-order valence-electron chi connectivity index (χ0n) is 17.4. The second kappa shape index (κ2) is 10.9. The third-order valence-corrected chi connectivity index (χ3v) is 6.63. The molecular formula is C20H23BFN3O5S2. The monoisotopic (exact) mass is 479 g/mol. The Morgan fingerprint density at radius 2 is 1.94 bits per heavy atom. The third-order valence-electron chi connectivity index (χ3n) is 4.43. The van der Waals surface area contributed by atoms with E-state index in [1.165, 1.54) is 23.5 Å². The Bertz CT molecular complexity index is 1170. The summed E-state index contributed by atoms with van der Waals surface area (Å²) in [7, 11) is -4.64. The molecule has 8 nitrogen and oxygen atoms in total. The molecule has 0 saturated carbocycles. The number of nitrogens with zero attached hydrogens (tertiary/aromatic N) is 1. The summed E-state index contributed by atoms with van der Waals surface area (Å²) in [5, 5.41) is 15.2. The van der Waals surface area contributed by atoms with Crippen molar-refractivity contribution in [3.63, 3.8) is 0 Å². The van der Waals surface area contributed by atoms with Crippen molar-refractivity contribution in [2.24, 2.45) is 0 Å². The maximum atomic E-state index is 13.0. The second-order valence-corrected chi connectivity index (χ2v) is 9.71. The number of fused-ring (bicyclic) bond motifs is 1. The summed E-state index contributed by atoms with van der Waals surface area (Å²) in [6.45, 7) is 2.35. The molecule has 12 heteroatoms. The lowest BCUT2D eigenvalue weighted by Crippen LogP contribution is -2.31. The Morgan fingerprint density at radius 3 is 2.66 bits per heavy atom. The first-order valence-corrected chi connectivity index (χ1v) is 12.3. The minimum atomic E-state index is -4.10. The number of hydrogen-bond donors (Lipinski definition) is 3. The molecule has 0 aliphatic heterocycles. The fourth-order valence-corrected chi connectivity index (χ4v) is 4.70. The van der Waals surface area contributed by atoms with Crippen molar-refractivity contribution in [3.8, 4) is 5.75 Å². The van der Waals surface area contributed by atoms with E-state index in [9.17, 15) is 17.6 Å². The molecule has 0 atom stereocenters. The topological polar surface area (TPSA) is 118 Å². The van der Waals surface area contributed by atoms with Crippen LogP contribution in [0.25, 0.3) is 10.2 Å². The molecule has 2 aromatic carbocycles. The van der Waals surface area contributed by atoms with Gasteiger partial charge in [0, 0.05) is 12.5 Å². The average molecular weight is 479 g/mol. The van der Waals surface area contributed by atoms with E-state index >= 15 is 0 Å². The molecular weight excluding hydrogens is 456 g/mol. The Morgan fingerprint density at radius 1 is 1.19 bits per heavy atom. The standard InChI is InChI=1S/C20H23BFN3O5S2/c1-21(27)23-12-4-2-3-5-19(26)25-20-24-17-11-8-15(13-18(17)31-20)30-32(28,29)16-9-6-14(22)7-10-16/h6-11,13,23,27H,2-5,12H2,1H3,(H,24,25,26). The quantitative estimate of drug-likeness (QED) is 0.219. The fraction of sp³-hybridized carbons (Fsp3) is 0.300. The van der Waals surface area contributed by atoms with Gasteiger partial charge in [0.25, 0.3) is 0 Å². The molecule has 0 saturated heterocycles. The molecule has 1 aromatic heterocycles. The van der Waals surface area contributed by atoms with Gasteiger partial charge in [-0.1, -0.05) is 17.8 Å². The largest absolute Gasteiger partial charge is 0.437 e. The molecule has 1 amide bonds. The van der Waals surface area contributed by atoms with E-state index in [1.807, 2.05) is 0 Å². The second-order valence-electron chi connectivity index (χ2n) is 7.13. The number of nitrogens with one attached hydrogen (secondary N) is 2. The molecule has 170 valence electrons. The van der Waals surface area contributed by atoms with Crippen LogP contribution >= 0.6 is 11.3 Å². The Kier molecular flexibility index (Phi) is 8.18. The van der Waals surface area contributed by atoms with Crippen molar-refractivity contribution in [2.45, 2.75) is 37.4 Å². The number of carbonyl (C=O) groups is 1. The summed E-state index contributed by atoms with van der Waals surface area (Å²) in [5.41, 5.74) is 0.598. The highest BCUT2D eigenvalue weighted by atomic mass is 32.2. The molecule has 0 unspecified atom stereocenters. The molecule has 0 fully saturated rings. The van der Waals surface area contributed by atoms with Crippen LogP contribution in [0.15, 0.2) is 47.4 Å². The average Bonchev–Trinajstić information content (AvgIpc) is 3.11. The van der Waals surface area contributed by atoms with Gasteiger partial charge in [-0.3, -0.25) is 4.79 Å². The first-order chi connectivity index (χ1) is 15.2. The van der Waals surface area contributed by atoms with Gasteiger partial charge in [0.05, 0.1) is 10.2 Å². The van der Waals surface area contributed by atoms with Crippen molar-refractivity contribution in [1.82, 2.24) is 10.2 Å². The smallest absolute Gasteiger partial charge is 0.373 e. The summed E-state index contributed by atoms with van der Waals surface area (Å²) in [4.78, 5) is 16.3. The van der Waals surface area contributed by atoms with Gasteiger partial charge in [0.15, 0.2) is 5.13 Å². The summed E-state index contributed by atoms with van der Waals surface area (Å²) in [6, 6.07) is 8.95. The Labute approximate surface area is 190 Å². The highest BCUT2D eigenvalue weighted by molar-refractivity contribution is 7.87. The van der Waals surface area contributed by atoms with Crippen molar-refractivity contribution in [1.29, 1.82) is 0 Å². The van der Waals surface area contributed by atoms with Gasteiger partial charge in [-0.05, 0) is 62.6 Å². The SMILES string of the molecule is CB(O)NCCCCCC(=O)Nc1nc2ccc(OS(=O)(=O)c3ccc(F)cc3)cc2s1. The van der Waals surface area contributed by atoms with Gasteiger partial charge in [0.1, 0.15) is 16.5 Å². The number of benzene rings is 2. The minimum absolute atomic E-state index is 0.0918. The van der Waals surface area contributed by atoms with Crippen LogP contribution in [-0.2, 0) is 14.9 Å². The maximum Gasteiger partial charge on any atom is 0.373 e. The number of hydrogen-bond acceptors (Lipinski definition) is 8. The number of thiazole rings is 1. The molecule has 3 aromatic rings. The van der Waals surface area contributed by atoms with Gasteiger partial charge >= 0.3 is 17.2 Å².